The highest BCUT2D eigenvalue weighted by molar-refractivity contribution is 6.17. The third-order valence-corrected chi connectivity index (χ3v) is 12.5. The van der Waals surface area contributed by atoms with Crippen molar-refractivity contribution >= 4 is 49.8 Å². The Morgan fingerprint density at radius 2 is 1.00 bits per heavy atom. The number of nitrogens with zero attached hydrogens (tertiary/aromatic N) is 1. The van der Waals surface area contributed by atoms with Crippen LogP contribution >= 0.6 is 0 Å². The summed E-state index contributed by atoms with van der Waals surface area (Å²) in [5.41, 5.74) is 15.7. The second-order valence-electron chi connectivity index (χ2n) is 16.9. The van der Waals surface area contributed by atoms with Crippen LogP contribution in [0.3, 0.4) is 0 Å². The van der Waals surface area contributed by atoms with E-state index in [4.69, 9.17) is 4.42 Å². The monoisotopic (exact) mass is 757 g/mol. The molecule has 1 aromatic heterocycles. The van der Waals surface area contributed by atoms with Gasteiger partial charge in [0.05, 0.1) is 11.1 Å². The molecule has 282 valence electrons. The highest BCUT2D eigenvalue weighted by atomic mass is 16.3. The van der Waals surface area contributed by atoms with Crippen LogP contribution in [0.2, 0.25) is 0 Å². The zero-order valence-corrected chi connectivity index (χ0v) is 33.5. The Morgan fingerprint density at radius 1 is 0.424 bits per heavy atom. The van der Waals surface area contributed by atoms with Crippen molar-refractivity contribution in [1.82, 2.24) is 0 Å². The van der Waals surface area contributed by atoms with E-state index in [9.17, 15) is 0 Å². The minimum absolute atomic E-state index is 0.0999. The first-order chi connectivity index (χ1) is 28.9. The minimum atomic E-state index is -0.524. The van der Waals surface area contributed by atoms with E-state index in [-0.39, 0.29) is 5.41 Å². The van der Waals surface area contributed by atoms with Gasteiger partial charge in [-0.15, -0.1) is 0 Å². The van der Waals surface area contributed by atoms with Crippen LogP contribution in [-0.4, -0.2) is 0 Å². The van der Waals surface area contributed by atoms with Gasteiger partial charge in [-0.3, -0.25) is 0 Å². The molecule has 1 aliphatic rings. The molecule has 0 N–H and O–H groups in total. The molecule has 2 heteroatoms. The van der Waals surface area contributed by atoms with Gasteiger partial charge in [-0.2, -0.15) is 0 Å². The van der Waals surface area contributed by atoms with Crippen LogP contribution in [-0.2, 0) is 10.8 Å². The van der Waals surface area contributed by atoms with E-state index in [1.807, 2.05) is 0 Å². The molecule has 0 saturated heterocycles. The number of benzene rings is 9. The Labute approximate surface area is 345 Å². The molecule has 9 aromatic carbocycles. The average Bonchev–Trinajstić information content (AvgIpc) is 3.82. The second kappa shape index (κ2) is 13.5. The standard InChI is InChI=1S/C57H43NO/c1-56(2,3)41-30-25-38(26-31-41)39-27-32-44(33-28-39)58(53-24-14-22-49-50-35-29-40-15-10-11-20-46(40)54(50)59-55(49)53)45-34-36-48-47-21-12-13-23-51(47)57(52(48)37-45,42-16-6-4-7-17-42)43-18-8-5-9-19-43/h4-37H,1-3H3. The normalized spacial score (nSPS) is 13.1. The van der Waals surface area contributed by atoms with E-state index in [0.717, 1.165) is 44.4 Å². The van der Waals surface area contributed by atoms with E-state index in [0.29, 0.717) is 0 Å². The van der Waals surface area contributed by atoms with Crippen molar-refractivity contribution in [2.24, 2.45) is 0 Å². The van der Waals surface area contributed by atoms with E-state index < -0.39 is 5.41 Å². The largest absolute Gasteiger partial charge is 0.453 e. The number of rotatable bonds is 6. The van der Waals surface area contributed by atoms with Crippen LogP contribution in [0.15, 0.2) is 211 Å². The molecule has 0 radical (unpaired) electrons. The molecule has 0 saturated carbocycles. The van der Waals surface area contributed by atoms with Gasteiger partial charge < -0.3 is 9.32 Å². The molecule has 10 aromatic rings. The fraction of sp³-hybridized carbons (Fsp3) is 0.0877. The number of furan rings is 1. The Morgan fingerprint density at radius 3 is 1.71 bits per heavy atom. The summed E-state index contributed by atoms with van der Waals surface area (Å²) >= 11 is 0. The van der Waals surface area contributed by atoms with E-state index >= 15 is 0 Å². The van der Waals surface area contributed by atoms with Gasteiger partial charge in [-0.05, 0) is 97.3 Å². The summed E-state index contributed by atoms with van der Waals surface area (Å²) in [5.74, 6) is 0. The van der Waals surface area contributed by atoms with Crippen LogP contribution < -0.4 is 4.90 Å². The number of para-hydroxylation sites is 1. The summed E-state index contributed by atoms with van der Waals surface area (Å²) in [6.45, 7) is 6.79. The zero-order valence-electron chi connectivity index (χ0n) is 33.5. The van der Waals surface area contributed by atoms with E-state index in [1.54, 1.807) is 0 Å². The van der Waals surface area contributed by atoms with Crippen molar-refractivity contribution < 1.29 is 4.42 Å². The van der Waals surface area contributed by atoms with Gasteiger partial charge in [-0.1, -0.05) is 191 Å². The first-order valence-electron chi connectivity index (χ1n) is 20.6. The maximum absolute atomic E-state index is 7.03. The van der Waals surface area contributed by atoms with Gasteiger partial charge in [-0.25, -0.2) is 0 Å². The van der Waals surface area contributed by atoms with E-state index in [1.165, 1.54) is 55.5 Å². The Balaban J connectivity index is 1.16. The molecule has 0 atom stereocenters. The fourth-order valence-electron chi connectivity index (χ4n) is 9.65. The predicted molar refractivity (Wildman–Crippen MR) is 247 cm³/mol. The van der Waals surface area contributed by atoms with Crippen LogP contribution in [0.5, 0.6) is 0 Å². The lowest BCUT2D eigenvalue weighted by Gasteiger charge is -2.35. The summed E-state index contributed by atoms with van der Waals surface area (Å²) in [5, 5.41) is 4.50. The van der Waals surface area contributed by atoms with Crippen LogP contribution in [0.25, 0.3) is 55.0 Å². The lowest BCUT2D eigenvalue weighted by molar-refractivity contribution is 0.590. The lowest BCUT2D eigenvalue weighted by Crippen LogP contribution is -2.28. The zero-order chi connectivity index (χ0) is 39.7. The minimum Gasteiger partial charge on any atom is -0.453 e. The van der Waals surface area contributed by atoms with Crippen molar-refractivity contribution in [2.45, 2.75) is 31.6 Å². The predicted octanol–water partition coefficient (Wildman–Crippen LogP) is 15.5. The van der Waals surface area contributed by atoms with Crippen molar-refractivity contribution in [3.05, 3.63) is 234 Å². The molecule has 1 heterocycles. The topological polar surface area (TPSA) is 16.4 Å². The SMILES string of the molecule is CC(C)(C)c1ccc(-c2ccc(N(c3ccc4c(c3)C(c3ccccc3)(c3ccccc3)c3ccccc3-4)c3cccc4c3oc3c5ccccc5ccc43)cc2)cc1. The molecule has 59 heavy (non-hydrogen) atoms. The van der Waals surface area contributed by atoms with Crippen LogP contribution in [0, 0.1) is 0 Å². The highest BCUT2D eigenvalue weighted by Gasteiger charge is 2.46. The van der Waals surface area contributed by atoms with Crippen molar-refractivity contribution in [2.75, 3.05) is 4.90 Å². The Bertz CT molecular complexity index is 3130. The van der Waals surface area contributed by atoms with Gasteiger partial charge in [0, 0.05) is 27.5 Å². The van der Waals surface area contributed by atoms with Crippen molar-refractivity contribution in [3.63, 3.8) is 0 Å². The number of fused-ring (bicyclic) bond motifs is 8. The molecule has 11 rings (SSSR count). The molecule has 0 spiro atoms. The molecule has 0 bridgehead atoms. The third-order valence-electron chi connectivity index (χ3n) is 12.5. The van der Waals surface area contributed by atoms with E-state index in [2.05, 4.69) is 232 Å². The molecular formula is C57H43NO. The van der Waals surface area contributed by atoms with Crippen LogP contribution in [0.4, 0.5) is 17.1 Å². The fourth-order valence-corrected chi connectivity index (χ4v) is 9.65. The highest BCUT2D eigenvalue weighted by Crippen LogP contribution is 2.57. The quantitative estimate of drug-likeness (QED) is 0.168. The number of anilines is 3. The summed E-state index contributed by atoms with van der Waals surface area (Å²) in [6.07, 6.45) is 0. The second-order valence-corrected chi connectivity index (χ2v) is 16.9. The summed E-state index contributed by atoms with van der Waals surface area (Å²) in [4.78, 5) is 2.39. The molecule has 1 aliphatic carbocycles. The average molecular weight is 758 g/mol. The number of hydrogen-bond acceptors (Lipinski definition) is 2. The van der Waals surface area contributed by atoms with Crippen molar-refractivity contribution in [1.29, 1.82) is 0 Å². The van der Waals surface area contributed by atoms with Gasteiger partial charge in [0.15, 0.2) is 5.58 Å². The Hall–Kier alpha value is -7.16. The van der Waals surface area contributed by atoms with Crippen LogP contribution in [0.1, 0.15) is 48.6 Å². The maximum Gasteiger partial charge on any atom is 0.159 e. The maximum atomic E-state index is 7.03. The molecule has 2 nitrogen and oxygen atoms in total. The van der Waals surface area contributed by atoms with Crippen molar-refractivity contribution in [3.8, 4) is 22.3 Å². The third kappa shape index (κ3) is 5.47. The molecule has 0 aliphatic heterocycles. The molecular weight excluding hydrogens is 715 g/mol. The molecule has 0 unspecified atom stereocenters. The summed E-state index contributed by atoms with van der Waals surface area (Å²) < 4.78 is 7.03. The van der Waals surface area contributed by atoms with Gasteiger partial charge in [0.2, 0.25) is 0 Å². The summed E-state index contributed by atoms with van der Waals surface area (Å²) in [7, 11) is 0. The molecule has 0 amide bonds. The van der Waals surface area contributed by atoms with Gasteiger partial charge in [0.1, 0.15) is 5.58 Å². The molecule has 0 fully saturated rings. The smallest absolute Gasteiger partial charge is 0.159 e. The summed E-state index contributed by atoms with van der Waals surface area (Å²) in [6, 6.07) is 75.6. The first-order valence-corrected chi connectivity index (χ1v) is 20.6. The Kier molecular flexibility index (Phi) is 8.00. The lowest BCUT2D eigenvalue weighted by atomic mass is 9.67. The first kappa shape index (κ1) is 35.0. The number of hydrogen-bond donors (Lipinski definition) is 0. The van der Waals surface area contributed by atoms with Gasteiger partial charge >= 0.3 is 0 Å². The van der Waals surface area contributed by atoms with Gasteiger partial charge in [0.25, 0.3) is 0 Å².